The highest BCUT2D eigenvalue weighted by molar-refractivity contribution is 6.12. The minimum absolute atomic E-state index is 0.228. The Balaban J connectivity index is 1.42. The predicted molar refractivity (Wildman–Crippen MR) is 122 cm³/mol. The van der Waals surface area contributed by atoms with Crippen LogP contribution in [0.25, 0.3) is 6.08 Å². The van der Waals surface area contributed by atoms with E-state index in [1.165, 1.54) is 0 Å². The number of benzene rings is 3. The lowest BCUT2D eigenvalue weighted by molar-refractivity contribution is -0.129. The van der Waals surface area contributed by atoms with Gasteiger partial charge < -0.3 is 18.9 Å². The van der Waals surface area contributed by atoms with Crippen LogP contribution in [0.3, 0.4) is 0 Å². The zero-order chi connectivity index (χ0) is 22.3. The van der Waals surface area contributed by atoms with Gasteiger partial charge in [0.05, 0.1) is 7.11 Å². The van der Waals surface area contributed by atoms with Crippen LogP contribution >= 0.6 is 0 Å². The molecule has 1 heterocycles. The SMILES string of the molecule is COc1cc(/C=C2\N=C(c3ccccc3)OC2=O)ccc1OCCOc1cccc(C)c1. The molecule has 0 fully saturated rings. The maximum atomic E-state index is 12.2. The van der Waals surface area contributed by atoms with E-state index in [1.807, 2.05) is 67.6 Å². The van der Waals surface area contributed by atoms with Crippen molar-refractivity contribution in [1.29, 1.82) is 0 Å². The molecular weight excluding hydrogens is 406 g/mol. The number of methoxy groups -OCH3 is 1. The number of aryl methyl sites for hydroxylation is 1. The molecule has 0 saturated heterocycles. The fourth-order valence-corrected chi connectivity index (χ4v) is 3.18. The van der Waals surface area contributed by atoms with Crippen molar-refractivity contribution in [2.24, 2.45) is 4.99 Å². The number of carbonyl (C=O) groups is 1. The summed E-state index contributed by atoms with van der Waals surface area (Å²) < 4.78 is 22.3. The van der Waals surface area contributed by atoms with Crippen LogP contribution in [0.4, 0.5) is 0 Å². The number of esters is 1. The van der Waals surface area contributed by atoms with Gasteiger partial charge in [0.2, 0.25) is 5.90 Å². The topological polar surface area (TPSA) is 66.4 Å². The van der Waals surface area contributed by atoms with Crippen LogP contribution in [-0.4, -0.2) is 32.2 Å². The zero-order valence-corrected chi connectivity index (χ0v) is 17.9. The van der Waals surface area contributed by atoms with Gasteiger partial charge in [-0.1, -0.05) is 36.4 Å². The molecule has 0 aromatic heterocycles. The van der Waals surface area contributed by atoms with Crippen LogP contribution in [0.15, 0.2) is 83.5 Å². The van der Waals surface area contributed by atoms with Crippen LogP contribution in [0.2, 0.25) is 0 Å². The minimum atomic E-state index is -0.489. The summed E-state index contributed by atoms with van der Waals surface area (Å²) in [5, 5.41) is 0. The molecule has 0 spiro atoms. The first kappa shape index (κ1) is 21.2. The molecule has 6 heteroatoms. The Labute approximate surface area is 186 Å². The zero-order valence-electron chi connectivity index (χ0n) is 17.9. The van der Waals surface area contributed by atoms with Crippen LogP contribution in [0, 0.1) is 6.92 Å². The third-order valence-electron chi connectivity index (χ3n) is 4.73. The van der Waals surface area contributed by atoms with Crippen molar-refractivity contribution >= 4 is 17.9 Å². The van der Waals surface area contributed by atoms with Crippen LogP contribution in [-0.2, 0) is 9.53 Å². The van der Waals surface area contributed by atoms with E-state index in [1.54, 1.807) is 25.3 Å². The van der Waals surface area contributed by atoms with Crippen molar-refractivity contribution in [2.75, 3.05) is 20.3 Å². The van der Waals surface area contributed by atoms with Crippen LogP contribution < -0.4 is 14.2 Å². The van der Waals surface area contributed by atoms with Crippen LogP contribution in [0.5, 0.6) is 17.2 Å². The van der Waals surface area contributed by atoms with Crippen LogP contribution in [0.1, 0.15) is 16.7 Å². The molecule has 0 bridgehead atoms. The fraction of sp³-hybridized carbons (Fsp3) is 0.154. The Morgan fingerprint density at radius 1 is 0.906 bits per heavy atom. The maximum absolute atomic E-state index is 12.2. The Bertz CT molecular complexity index is 1170. The Hall–Kier alpha value is -4.06. The first-order valence-electron chi connectivity index (χ1n) is 10.2. The average molecular weight is 429 g/mol. The standard InChI is InChI=1S/C26H23NO5/c1-18-7-6-10-21(15-18)30-13-14-31-23-12-11-19(17-24(23)29-2)16-22-26(28)32-25(27-22)20-8-4-3-5-9-20/h3-12,15-17H,13-14H2,1-2H3/b22-16-. The number of carbonyl (C=O) groups excluding carboxylic acids is 1. The van der Waals surface area contributed by atoms with Gasteiger partial charge in [0.15, 0.2) is 17.2 Å². The molecule has 0 aliphatic carbocycles. The van der Waals surface area contributed by atoms with E-state index < -0.39 is 5.97 Å². The molecule has 162 valence electrons. The monoisotopic (exact) mass is 429 g/mol. The summed E-state index contributed by atoms with van der Waals surface area (Å²) in [6.45, 7) is 2.78. The number of ether oxygens (including phenoxy) is 4. The second-order valence-corrected chi connectivity index (χ2v) is 7.13. The summed E-state index contributed by atoms with van der Waals surface area (Å²) in [7, 11) is 1.57. The fourth-order valence-electron chi connectivity index (χ4n) is 3.18. The summed E-state index contributed by atoms with van der Waals surface area (Å²) in [5.74, 6) is 1.75. The highest BCUT2D eigenvalue weighted by atomic mass is 16.6. The molecule has 6 nitrogen and oxygen atoms in total. The van der Waals surface area contributed by atoms with Crippen molar-refractivity contribution in [3.8, 4) is 17.2 Å². The molecule has 0 atom stereocenters. The minimum Gasteiger partial charge on any atom is -0.493 e. The molecule has 1 aliphatic rings. The van der Waals surface area contributed by atoms with Gasteiger partial charge in [-0.05, 0) is 60.5 Å². The molecule has 3 aromatic carbocycles. The van der Waals surface area contributed by atoms with Crippen molar-refractivity contribution in [2.45, 2.75) is 6.92 Å². The molecule has 4 rings (SSSR count). The number of cyclic esters (lactones) is 1. The average Bonchev–Trinajstić information content (AvgIpc) is 3.18. The molecule has 0 unspecified atom stereocenters. The smallest absolute Gasteiger partial charge is 0.363 e. The Morgan fingerprint density at radius 2 is 1.72 bits per heavy atom. The van der Waals surface area contributed by atoms with Gasteiger partial charge in [-0.25, -0.2) is 9.79 Å². The molecule has 32 heavy (non-hydrogen) atoms. The predicted octanol–water partition coefficient (Wildman–Crippen LogP) is 4.81. The quantitative estimate of drug-likeness (QED) is 0.292. The third-order valence-corrected chi connectivity index (χ3v) is 4.73. The van der Waals surface area contributed by atoms with Crippen molar-refractivity contribution in [1.82, 2.24) is 0 Å². The summed E-state index contributed by atoms with van der Waals surface area (Å²) in [6.07, 6.45) is 1.66. The summed E-state index contributed by atoms with van der Waals surface area (Å²) in [6, 6.07) is 22.6. The van der Waals surface area contributed by atoms with E-state index in [4.69, 9.17) is 18.9 Å². The lowest BCUT2D eigenvalue weighted by Crippen LogP contribution is -2.09. The van der Waals surface area contributed by atoms with Gasteiger partial charge in [-0.2, -0.15) is 0 Å². The van der Waals surface area contributed by atoms with E-state index >= 15 is 0 Å². The van der Waals surface area contributed by atoms with Crippen molar-refractivity contribution < 1.29 is 23.7 Å². The number of aliphatic imine (C=N–C) groups is 1. The van der Waals surface area contributed by atoms with Gasteiger partial charge in [0.25, 0.3) is 0 Å². The van der Waals surface area contributed by atoms with E-state index in [2.05, 4.69) is 4.99 Å². The molecule has 0 amide bonds. The highest BCUT2D eigenvalue weighted by Crippen LogP contribution is 2.30. The van der Waals surface area contributed by atoms with Gasteiger partial charge in [0.1, 0.15) is 19.0 Å². The van der Waals surface area contributed by atoms with E-state index in [0.717, 1.165) is 22.4 Å². The first-order valence-corrected chi connectivity index (χ1v) is 10.2. The van der Waals surface area contributed by atoms with Gasteiger partial charge in [-0.15, -0.1) is 0 Å². The number of hydrogen-bond donors (Lipinski definition) is 0. The van der Waals surface area contributed by atoms with E-state index in [0.29, 0.717) is 30.6 Å². The second-order valence-electron chi connectivity index (χ2n) is 7.13. The second kappa shape index (κ2) is 9.83. The summed E-state index contributed by atoms with van der Waals surface area (Å²) in [5.41, 5.74) is 2.86. The summed E-state index contributed by atoms with van der Waals surface area (Å²) in [4.78, 5) is 16.5. The third kappa shape index (κ3) is 5.16. The summed E-state index contributed by atoms with van der Waals surface area (Å²) >= 11 is 0. The molecule has 1 aliphatic heterocycles. The first-order chi connectivity index (χ1) is 15.6. The molecule has 0 saturated carbocycles. The van der Waals surface area contributed by atoms with Gasteiger partial charge in [-0.3, -0.25) is 0 Å². The maximum Gasteiger partial charge on any atom is 0.363 e. The van der Waals surface area contributed by atoms with E-state index in [-0.39, 0.29) is 5.70 Å². The number of nitrogens with zero attached hydrogens (tertiary/aromatic N) is 1. The Morgan fingerprint density at radius 3 is 2.50 bits per heavy atom. The molecule has 0 N–H and O–H groups in total. The molecule has 3 aromatic rings. The van der Waals surface area contributed by atoms with Crippen molar-refractivity contribution in [3.63, 3.8) is 0 Å². The lowest BCUT2D eigenvalue weighted by Gasteiger charge is -2.12. The largest absolute Gasteiger partial charge is 0.493 e. The molecular formula is C26H23NO5. The van der Waals surface area contributed by atoms with Gasteiger partial charge in [0, 0.05) is 5.56 Å². The lowest BCUT2D eigenvalue weighted by atomic mass is 10.1. The number of rotatable bonds is 8. The molecule has 0 radical (unpaired) electrons. The highest BCUT2D eigenvalue weighted by Gasteiger charge is 2.24. The normalized spacial score (nSPS) is 14.1. The van der Waals surface area contributed by atoms with E-state index in [9.17, 15) is 4.79 Å². The van der Waals surface area contributed by atoms with Gasteiger partial charge >= 0.3 is 5.97 Å². The van der Waals surface area contributed by atoms with Crippen molar-refractivity contribution in [3.05, 3.63) is 95.2 Å². The number of hydrogen-bond acceptors (Lipinski definition) is 6. The Kier molecular flexibility index (Phi) is 6.51.